The minimum absolute atomic E-state index is 0.0524. The zero-order valence-electron chi connectivity index (χ0n) is 11.5. The maximum absolute atomic E-state index is 12.9. The standard InChI is InChI=1S/C15H12ClFN2O3/c1-9(22-15(21)13-4-2-3-7-18-13)14(20)19-12-6-5-10(17)8-11(12)16/h2-9H,1H3,(H,19,20)/t9-/m0/s1. The summed E-state index contributed by atoms with van der Waals surface area (Å²) < 4.78 is 17.9. The third kappa shape index (κ3) is 4.02. The number of carbonyl (C=O) groups is 2. The molecule has 0 saturated heterocycles. The first kappa shape index (κ1) is 15.9. The zero-order chi connectivity index (χ0) is 16.1. The van der Waals surface area contributed by atoms with Crippen LogP contribution in [0.1, 0.15) is 17.4 Å². The summed E-state index contributed by atoms with van der Waals surface area (Å²) in [5, 5.41) is 2.51. The lowest BCUT2D eigenvalue weighted by Crippen LogP contribution is -2.30. The molecule has 1 aromatic heterocycles. The second-order valence-electron chi connectivity index (χ2n) is 4.38. The van der Waals surface area contributed by atoms with Gasteiger partial charge in [0.05, 0.1) is 10.7 Å². The number of esters is 1. The van der Waals surface area contributed by atoms with Gasteiger partial charge in [-0.05, 0) is 37.3 Å². The molecule has 22 heavy (non-hydrogen) atoms. The number of pyridine rings is 1. The fourth-order valence-corrected chi connectivity index (χ4v) is 1.80. The van der Waals surface area contributed by atoms with Crippen LogP contribution in [0.2, 0.25) is 5.02 Å². The van der Waals surface area contributed by atoms with Crippen LogP contribution in [0.4, 0.5) is 10.1 Å². The number of nitrogens with zero attached hydrogens (tertiary/aromatic N) is 1. The average molecular weight is 323 g/mol. The number of anilines is 1. The lowest BCUT2D eigenvalue weighted by molar-refractivity contribution is -0.123. The van der Waals surface area contributed by atoms with Gasteiger partial charge in [0.1, 0.15) is 11.5 Å². The molecule has 1 N–H and O–H groups in total. The molecule has 2 aromatic rings. The lowest BCUT2D eigenvalue weighted by Gasteiger charge is -2.14. The molecule has 0 spiro atoms. The molecule has 7 heteroatoms. The Morgan fingerprint density at radius 3 is 2.73 bits per heavy atom. The fraction of sp³-hybridized carbons (Fsp3) is 0.133. The number of nitrogens with one attached hydrogen (secondary N) is 1. The Hall–Kier alpha value is -2.47. The van der Waals surface area contributed by atoms with Crippen molar-refractivity contribution in [3.05, 3.63) is 59.1 Å². The van der Waals surface area contributed by atoms with Crippen LogP contribution in [0, 0.1) is 5.82 Å². The Morgan fingerprint density at radius 2 is 2.09 bits per heavy atom. The van der Waals surface area contributed by atoms with Gasteiger partial charge in [-0.15, -0.1) is 0 Å². The van der Waals surface area contributed by atoms with Crippen LogP contribution in [-0.2, 0) is 9.53 Å². The molecule has 114 valence electrons. The number of benzene rings is 1. The third-order valence-corrected chi connectivity index (χ3v) is 3.03. The van der Waals surface area contributed by atoms with E-state index in [2.05, 4.69) is 10.3 Å². The van der Waals surface area contributed by atoms with Crippen molar-refractivity contribution in [3.8, 4) is 0 Å². The van der Waals surface area contributed by atoms with E-state index >= 15 is 0 Å². The molecular weight excluding hydrogens is 311 g/mol. The molecule has 5 nitrogen and oxygen atoms in total. The molecule has 0 bridgehead atoms. The quantitative estimate of drug-likeness (QED) is 0.878. The normalized spacial score (nSPS) is 11.6. The van der Waals surface area contributed by atoms with E-state index in [1.54, 1.807) is 12.1 Å². The molecule has 0 unspecified atom stereocenters. The highest BCUT2D eigenvalue weighted by molar-refractivity contribution is 6.33. The summed E-state index contributed by atoms with van der Waals surface area (Å²) in [6, 6.07) is 8.32. The Bertz CT molecular complexity index is 694. The number of hydrogen-bond acceptors (Lipinski definition) is 4. The van der Waals surface area contributed by atoms with Crippen LogP contribution in [0.5, 0.6) is 0 Å². The smallest absolute Gasteiger partial charge is 0.357 e. The molecule has 0 fully saturated rings. The van der Waals surface area contributed by atoms with Gasteiger partial charge in [0.2, 0.25) is 0 Å². The molecule has 0 saturated carbocycles. The molecule has 0 aliphatic rings. The van der Waals surface area contributed by atoms with Crippen LogP contribution in [0.25, 0.3) is 0 Å². The summed E-state index contributed by atoms with van der Waals surface area (Å²) in [6.07, 6.45) is 0.384. The van der Waals surface area contributed by atoms with E-state index in [1.165, 1.54) is 25.3 Å². The highest BCUT2D eigenvalue weighted by Crippen LogP contribution is 2.22. The van der Waals surface area contributed by atoms with Gasteiger partial charge < -0.3 is 10.1 Å². The van der Waals surface area contributed by atoms with Gasteiger partial charge in [-0.25, -0.2) is 14.2 Å². The predicted octanol–water partition coefficient (Wildman–Crippen LogP) is 3.06. The van der Waals surface area contributed by atoms with Crippen LogP contribution >= 0.6 is 11.6 Å². The number of amides is 1. The lowest BCUT2D eigenvalue weighted by atomic mass is 10.3. The van der Waals surface area contributed by atoms with Gasteiger partial charge >= 0.3 is 5.97 Å². The van der Waals surface area contributed by atoms with Crippen molar-refractivity contribution in [1.29, 1.82) is 0 Å². The maximum Gasteiger partial charge on any atom is 0.357 e. The average Bonchev–Trinajstić information content (AvgIpc) is 2.50. The number of rotatable bonds is 4. The topological polar surface area (TPSA) is 68.3 Å². The second kappa shape index (κ2) is 7.00. The first-order valence-electron chi connectivity index (χ1n) is 6.35. The van der Waals surface area contributed by atoms with E-state index in [9.17, 15) is 14.0 Å². The van der Waals surface area contributed by atoms with Crippen molar-refractivity contribution in [2.24, 2.45) is 0 Å². The van der Waals surface area contributed by atoms with E-state index in [0.717, 1.165) is 12.1 Å². The molecule has 1 heterocycles. The highest BCUT2D eigenvalue weighted by Gasteiger charge is 2.20. The summed E-state index contributed by atoms with van der Waals surface area (Å²) in [4.78, 5) is 27.6. The molecule has 2 rings (SSSR count). The van der Waals surface area contributed by atoms with Crippen molar-refractivity contribution in [1.82, 2.24) is 4.98 Å². The Balaban J connectivity index is 1.99. The second-order valence-corrected chi connectivity index (χ2v) is 4.78. The SMILES string of the molecule is C[C@H](OC(=O)c1ccccn1)C(=O)Nc1ccc(F)cc1Cl. The maximum atomic E-state index is 12.9. The Labute approximate surface area is 131 Å². The number of carbonyl (C=O) groups excluding carboxylic acids is 2. The molecule has 0 radical (unpaired) electrons. The van der Waals surface area contributed by atoms with Crippen LogP contribution in [-0.4, -0.2) is 23.0 Å². The Morgan fingerprint density at radius 1 is 1.32 bits per heavy atom. The highest BCUT2D eigenvalue weighted by atomic mass is 35.5. The van der Waals surface area contributed by atoms with Crippen molar-refractivity contribution in [2.45, 2.75) is 13.0 Å². The minimum Gasteiger partial charge on any atom is -0.448 e. The summed E-state index contributed by atoms with van der Waals surface area (Å²) in [5.41, 5.74) is 0.329. The zero-order valence-corrected chi connectivity index (χ0v) is 12.3. The summed E-state index contributed by atoms with van der Waals surface area (Å²) in [7, 11) is 0. The van der Waals surface area contributed by atoms with Gasteiger partial charge in [-0.3, -0.25) is 4.79 Å². The summed E-state index contributed by atoms with van der Waals surface area (Å²) >= 11 is 5.81. The van der Waals surface area contributed by atoms with Crippen LogP contribution in [0.15, 0.2) is 42.6 Å². The minimum atomic E-state index is -1.06. The third-order valence-electron chi connectivity index (χ3n) is 2.72. The van der Waals surface area contributed by atoms with Gasteiger partial charge in [0.15, 0.2) is 6.10 Å². The number of aromatic nitrogens is 1. The molecule has 0 aliphatic carbocycles. The molecule has 1 amide bonds. The van der Waals surface area contributed by atoms with E-state index in [-0.39, 0.29) is 16.4 Å². The summed E-state index contributed by atoms with van der Waals surface area (Å²) in [5.74, 6) is -1.82. The van der Waals surface area contributed by atoms with Crippen LogP contribution in [0.3, 0.4) is 0 Å². The summed E-state index contributed by atoms with van der Waals surface area (Å²) in [6.45, 7) is 1.41. The first-order valence-corrected chi connectivity index (χ1v) is 6.73. The monoisotopic (exact) mass is 322 g/mol. The van der Waals surface area contributed by atoms with Crippen LogP contribution < -0.4 is 5.32 Å². The molecule has 1 atom stereocenters. The van der Waals surface area contributed by atoms with Gasteiger partial charge in [0.25, 0.3) is 5.91 Å². The van der Waals surface area contributed by atoms with E-state index in [0.29, 0.717) is 0 Å². The first-order chi connectivity index (χ1) is 10.5. The fourth-order valence-electron chi connectivity index (χ4n) is 1.58. The molecule has 1 aromatic carbocycles. The number of hydrogen-bond donors (Lipinski definition) is 1. The Kier molecular flexibility index (Phi) is 5.06. The predicted molar refractivity (Wildman–Crippen MR) is 79.2 cm³/mol. The van der Waals surface area contributed by atoms with Crippen molar-refractivity contribution in [2.75, 3.05) is 5.32 Å². The number of ether oxygens (including phenoxy) is 1. The van der Waals surface area contributed by atoms with Crippen molar-refractivity contribution >= 4 is 29.2 Å². The van der Waals surface area contributed by atoms with Gasteiger partial charge in [0, 0.05) is 6.20 Å². The van der Waals surface area contributed by atoms with E-state index < -0.39 is 23.8 Å². The van der Waals surface area contributed by atoms with Gasteiger partial charge in [-0.2, -0.15) is 0 Å². The van der Waals surface area contributed by atoms with Crippen molar-refractivity contribution in [3.63, 3.8) is 0 Å². The largest absolute Gasteiger partial charge is 0.448 e. The van der Waals surface area contributed by atoms with E-state index in [1.807, 2.05) is 0 Å². The molecule has 0 aliphatic heterocycles. The van der Waals surface area contributed by atoms with Crippen molar-refractivity contribution < 1.29 is 18.7 Å². The number of halogens is 2. The van der Waals surface area contributed by atoms with Gasteiger partial charge in [-0.1, -0.05) is 17.7 Å². The molecular formula is C15H12ClFN2O3. The van der Waals surface area contributed by atoms with E-state index in [4.69, 9.17) is 16.3 Å².